The fourth-order valence-electron chi connectivity index (χ4n) is 7.31. The van der Waals surface area contributed by atoms with E-state index in [1.54, 1.807) is 0 Å². The van der Waals surface area contributed by atoms with E-state index in [1.807, 2.05) is 24.3 Å². The molecule has 2 unspecified atom stereocenters. The van der Waals surface area contributed by atoms with Gasteiger partial charge in [0.25, 0.3) is 0 Å². The molecule has 2 atom stereocenters. The highest BCUT2D eigenvalue weighted by Crippen LogP contribution is 2.57. The number of hydrogen-bond donors (Lipinski definition) is 0. The molecular formula is C43H42O4. The van der Waals surface area contributed by atoms with Gasteiger partial charge in [0, 0.05) is 6.42 Å². The molecule has 1 aliphatic carbocycles. The van der Waals surface area contributed by atoms with Crippen LogP contribution in [-0.2, 0) is 40.6 Å². The van der Waals surface area contributed by atoms with Gasteiger partial charge in [0.05, 0.1) is 18.6 Å². The van der Waals surface area contributed by atoms with E-state index in [2.05, 4.69) is 99.1 Å². The molecule has 0 N–H and O–H groups in total. The molecule has 4 aromatic rings. The van der Waals surface area contributed by atoms with Gasteiger partial charge in [-0.25, -0.2) is 0 Å². The quantitative estimate of drug-likeness (QED) is 0.0864. The van der Waals surface area contributed by atoms with Crippen LogP contribution < -0.4 is 9.47 Å². The minimum atomic E-state index is -0.617. The molecule has 3 aliphatic rings. The van der Waals surface area contributed by atoms with Crippen LogP contribution in [0.2, 0.25) is 0 Å². The SMILES string of the molecule is C=CCc1cc(C2(c3cc(CC=C)c(OC4CCO4)c(CC=C)c3)c3ccccc3-c3ccccc32)cc(CC=C)c1OCC1CO1. The topological polar surface area (TPSA) is 40.2 Å². The Bertz CT molecular complexity index is 1730. The van der Waals surface area contributed by atoms with E-state index in [9.17, 15) is 0 Å². The Hall–Kier alpha value is -4.64. The van der Waals surface area contributed by atoms with E-state index in [-0.39, 0.29) is 12.4 Å². The number of epoxide rings is 1. The molecule has 0 radical (unpaired) electrons. The average Bonchev–Trinajstić information content (AvgIpc) is 3.84. The van der Waals surface area contributed by atoms with Crippen LogP contribution in [0.3, 0.4) is 0 Å². The van der Waals surface area contributed by atoms with Crippen molar-refractivity contribution in [3.05, 3.63) is 168 Å². The first-order chi connectivity index (χ1) is 23.1. The monoisotopic (exact) mass is 622 g/mol. The number of fused-ring (bicyclic) bond motifs is 3. The van der Waals surface area contributed by atoms with Crippen molar-refractivity contribution in [2.45, 2.75) is 49.9 Å². The summed E-state index contributed by atoms with van der Waals surface area (Å²) >= 11 is 0. The highest BCUT2D eigenvalue weighted by atomic mass is 16.7. The van der Waals surface area contributed by atoms with E-state index in [0.29, 0.717) is 32.3 Å². The molecule has 0 aromatic heterocycles. The van der Waals surface area contributed by atoms with Crippen molar-refractivity contribution in [1.29, 1.82) is 0 Å². The van der Waals surface area contributed by atoms with Crippen molar-refractivity contribution in [2.24, 2.45) is 0 Å². The zero-order valence-corrected chi connectivity index (χ0v) is 27.0. The molecule has 4 heteroatoms. The van der Waals surface area contributed by atoms with Gasteiger partial charge in [0.15, 0.2) is 0 Å². The number of allylic oxidation sites excluding steroid dienone is 4. The van der Waals surface area contributed by atoms with Crippen LogP contribution in [0.5, 0.6) is 11.5 Å². The second kappa shape index (κ2) is 13.2. The zero-order valence-electron chi connectivity index (χ0n) is 27.0. The fourth-order valence-corrected chi connectivity index (χ4v) is 7.31. The van der Waals surface area contributed by atoms with Gasteiger partial charge >= 0.3 is 0 Å². The summed E-state index contributed by atoms with van der Waals surface area (Å²) in [7, 11) is 0. The van der Waals surface area contributed by atoms with Crippen molar-refractivity contribution in [3.8, 4) is 22.6 Å². The summed E-state index contributed by atoms with van der Waals surface area (Å²) in [6, 6.07) is 27.0. The Morgan fingerprint density at radius 3 is 1.51 bits per heavy atom. The van der Waals surface area contributed by atoms with E-state index < -0.39 is 5.41 Å². The number of rotatable bonds is 15. The Labute approximate surface area is 278 Å². The summed E-state index contributed by atoms with van der Waals surface area (Å²) in [5.41, 5.74) is 11.1. The van der Waals surface area contributed by atoms with Crippen molar-refractivity contribution in [1.82, 2.24) is 0 Å². The van der Waals surface area contributed by atoms with Gasteiger partial charge in [-0.15, -0.1) is 26.3 Å². The van der Waals surface area contributed by atoms with Crippen LogP contribution in [0.1, 0.15) is 50.9 Å². The molecule has 0 amide bonds. The third-order valence-electron chi connectivity index (χ3n) is 9.48. The van der Waals surface area contributed by atoms with E-state index in [0.717, 1.165) is 53.4 Å². The summed E-state index contributed by atoms with van der Waals surface area (Å²) in [4.78, 5) is 0. The van der Waals surface area contributed by atoms with Gasteiger partial charge in [-0.1, -0.05) is 97.1 Å². The molecule has 2 aliphatic heterocycles. The van der Waals surface area contributed by atoms with Gasteiger partial charge in [-0.3, -0.25) is 0 Å². The Kier molecular flexibility index (Phi) is 8.72. The van der Waals surface area contributed by atoms with Gasteiger partial charge in [-0.2, -0.15) is 0 Å². The maximum absolute atomic E-state index is 6.52. The molecule has 0 saturated carbocycles. The summed E-state index contributed by atoms with van der Waals surface area (Å²) < 4.78 is 24.2. The van der Waals surface area contributed by atoms with Crippen LogP contribution in [0.15, 0.2) is 123 Å². The minimum Gasteiger partial charge on any atom is -0.490 e. The fraction of sp³-hybridized carbons (Fsp3) is 0.256. The molecule has 2 saturated heterocycles. The molecule has 47 heavy (non-hydrogen) atoms. The normalized spacial score (nSPS) is 18.3. The number of ether oxygens (including phenoxy) is 4. The van der Waals surface area contributed by atoms with E-state index >= 15 is 0 Å². The highest BCUT2D eigenvalue weighted by Gasteiger charge is 2.47. The third-order valence-corrected chi connectivity index (χ3v) is 9.48. The Balaban J connectivity index is 1.55. The summed E-state index contributed by atoms with van der Waals surface area (Å²) in [5.74, 6) is 1.78. The molecule has 0 bridgehead atoms. The van der Waals surface area contributed by atoms with Crippen molar-refractivity contribution < 1.29 is 18.9 Å². The predicted molar refractivity (Wildman–Crippen MR) is 190 cm³/mol. The lowest BCUT2D eigenvalue weighted by Crippen LogP contribution is -2.33. The maximum Gasteiger partial charge on any atom is 0.202 e. The standard InChI is InChI=1S/C43H42O4/c1-5-13-29-23-33(24-30(14-6-2)41(29)46-28-35-27-45-35)43(38-19-11-9-17-36(38)37-18-10-12-20-39(37)43)34-25-31(15-7-3)42(32(26-34)16-8-4)47-40-21-22-44-40/h5-12,17-20,23-26,35,40H,1-4,13-16,21-22,27-28H2. The lowest BCUT2D eigenvalue weighted by atomic mass is 9.66. The van der Waals surface area contributed by atoms with Crippen molar-refractivity contribution >= 4 is 0 Å². The van der Waals surface area contributed by atoms with Crippen LogP contribution in [0.25, 0.3) is 11.1 Å². The molecular weight excluding hydrogens is 580 g/mol. The molecule has 4 nitrogen and oxygen atoms in total. The largest absolute Gasteiger partial charge is 0.490 e. The molecule has 2 heterocycles. The van der Waals surface area contributed by atoms with Gasteiger partial charge in [0.1, 0.15) is 24.2 Å². The lowest BCUT2D eigenvalue weighted by Gasteiger charge is -2.36. The minimum absolute atomic E-state index is 0.153. The van der Waals surface area contributed by atoms with Gasteiger partial charge < -0.3 is 18.9 Å². The van der Waals surface area contributed by atoms with E-state index in [4.69, 9.17) is 18.9 Å². The predicted octanol–water partition coefficient (Wildman–Crippen LogP) is 8.87. The Morgan fingerprint density at radius 1 is 0.660 bits per heavy atom. The van der Waals surface area contributed by atoms with Crippen LogP contribution in [0, 0.1) is 0 Å². The molecule has 0 spiro atoms. The third kappa shape index (κ3) is 5.56. The number of benzene rings is 4. The molecule has 7 rings (SSSR count). The summed E-state index contributed by atoms with van der Waals surface area (Å²) in [5, 5.41) is 0. The average molecular weight is 623 g/mol. The maximum atomic E-state index is 6.52. The highest BCUT2D eigenvalue weighted by molar-refractivity contribution is 5.86. The summed E-state index contributed by atoms with van der Waals surface area (Å²) in [6.07, 6.45) is 11.3. The van der Waals surface area contributed by atoms with Crippen LogP contribution in [-0.4, -0.2) is 32.2 Å². The molecule has 4 aromatic carbocycles. The first-order valence-electron chi connectivity index (χ1n) is 16.6. The van der Waals surface area contributed by atoms with Crippen molar-refractivity contribution in [2.75, 3.05) is 19.8 Å². The van der Waals surface area contributed by atoms with Crippen molar-refractivity contribution in [3.63, 3.8) is 0 Å². The van der Waals surface area contributed by atoms with E-state index in [1.165, 1.54) is 33.4 Å². The van der Waals surface area contributed by atoms with Gasteiger partial charge in [-0.05, 0) is 81.3 Å². The summed E-state index contributed by atoms with van der Waals surface area (Å²) in [6.45, 7) is 18.5. The second-order valence-corrected chi connectivity index (χ2v) is 12.5. The Morgan fingerprint density at radius 2 is 1.11 bits per heavy atom. The zero-order chi connectivity index (χ0) is 32.4. The first kappa shape index (κ1) is 31.0. The van der Waals surface area contributed by atoms with Gasteiger partial charge in [0.2, 0.25) is 6.29 Å². The lowest BCUT2D eigenvalue weighted by molar-refractivity contribution is -0.165. The second-order valence-electron chi connectivity index (χ2n) is 12.5. The first-order valence-corrected chi connectivity index (χ1v) is 16.6. The van der Waals surface area contributed by atoms with Crippen LogP contribution >= 0.6 is 0 Å². The van der Waals surface area contributed by atoms with Crippen LogP contribution in [0.4, 0.5) is 0 Å². The molecule has 238 valence electrons. The number of hydrogen-bond acceptors (Lipinski definition) is 4. The molecule has 2 fully saturated rings. The smallest absolute Gasteiger partial charge is 0.202 e.